The van der Waals surface area contributed by atoms with Gasteiger partial charge >= 0.3 is 0 Å². The Morgan fingerprint density at radius 1 is 0.833 bits per heavy atom. The maximum absolute atomic E-state index is 2.31. The third-order valence-electron chi connectivity index (χ3n) is 4.13. The molecule has 3 rings (SSSR count). The van der Waals surface area contributed by atoms with Crippen LogP contribution in [0.15, 0.2) is 54.6 Å². The summed E-state index contributed by atoms with van der Waals surface area (Å²) in [6, 6.07) is 19.8. The van der Waals surface area contributed by atoms with Gasteiger partial charge in [0.05, 0.1) is 0 Å². The predicted octanol–water partition coefficient (Wildman–Crippen LogP) is 4.42. The summed E-state index contributed by atoms with van der Waals surface area (Å²) < 4.78 is 0. The Kier molecular flexibility index (Phi) is 3.45. The second kappa shape index (κ2) is 5.39. The number of fused-ring (bicyclic) bond motifs is 1. The third-order valence-corrected chi connectivity index (χ3v) is 4.13. The van der Waals surface area contributed by atoms with Gasteiger partial charge in [-0.3, -0.25) is 0 Å². The Morgan fingerprint density at radius 2 is 1.56 bits per heavy atom. The lowest BCUT2D eigenvalue weighted by molar-refractivity contribution is 0.427. The van der Waals surface area contributed by atoms with Crippen LogP contribution in [-0.2, 0) is 19.3 Å². The van der Waals surface area contributed by atoms with E-state index in [2.05, 4.69) is 54.6 Å². The molecule has 1 unspecified atom stereocenters. The summed E-state index contributed by atoms with van der Waals surface area (Å²) in [6.07, 6.45) is 6.48. The molecule has 0 fully saturated rings. The molecule has 0 saturated carbocycles. The largest absolute Gasteiger partial charge is 0.0622 e. The molecule has 0 spiro atoms. The van der Waals surface area contributed by atoms with Crippen LogP contribution in [0.1, 0.15) is 29.5 Å². The molecule has 0 N–H and O–H groups in total. The van der Waals surface area contributed by atoms with Crippen LogP contribution in [0.5, 0.6) is 0 Å². The molecule has 2 aromatic carbocycles. The smallest absolute Gasteiger partial charge is 0.0247 e. The molecule has 0 aromatic heterocycles. The van der Waals surface area contributed by atoms with Gasteiger partial charge in [0.25, 0.3) is 0 Å². The molecule has 0 heteroatoms. The molecule has 0 heterocycles. The fraction of sp³-hybridized carbons (Fsp3) is 0.333. The number of hydrogen-bond donors (Lipinski definition) is 0. The number of benzene rings is 2. The zero-order valence-corrected chi connectivity index (χ0v) is 10.8. The van der Waals surface area contributed by atoms with Gasteiger partial charge in [0.2, 0.25) is 0 Å². The van der Waals surface area contributed by atoms with Crippen molar-refractivity contribution in [3.05, 3.63) is 71.3 Å². The standard InChI is InChI=1S/C18H20/c1-2-6-15(7-3-1)10-11-16-12-13-17-8-4-5-9-18(17)14-16/h1-9,16H,10-14H2. The Bertz CT molecular complexity index is 498. The zero-order chi connectivity index (χ0) is 12.2. The van der Waals surface area contributed by atoms with Gasteiger partial charge in [0, 0.05) is 0 Å². The third kappa shape index (κ3) is 2.64. The highest BCUT2D eigenvalue weighted by Crippen LogP contribution is 2.28. The van der Waals surface area contributed by atoms with Gasteiger partial charge in [0.15, 0.2) is 0 Å². The average molecular weight is 236 g/mol. The van der Waals surface area contributed by atoms with Crippen LogP contribution in [0.2, 0.25) is 0 Å². The van der Waals surface area contributed by atoms with E-state index < -0.39 is 0 Å². The molecule has 0 aliphatic heterocycles. The second-order valence-corrected chi connectivity index (χ2v) is 5.40. The summed E-state index contributed by atoms with van der Waals surface area (Å²) in [6.45, 7) is 0. The van der Waals surface area contributed by atoms with Gasteiger partial charge in [-0.05, 0) is 54.7 Å². The molecule has 2 aromatic rings. The summed E-state index contributed by atoms with van der Waals surface area (Å²) in [5.74, 6) is 0.875. The van der Waals surface area contributed by atoms with Gasteiger partial charge in [-0.1, -0.05) is 54.6 Å². The normalized spacial score (nSPS) is 18.3. The predicted molar refractivity (Wildman–Crippen MR) is 76.7 cm³/mol. The van der Waals surface area contributed by atoms with E-state index >= 15 is 0 Å². The Balaban J connectivity index is 1.60. The molecule has 18 heavy (non-hydrogen) atoms. The number of aryl methyl sites for hydroxylation is 2. The molecular formula is C18H20. The monoisotopic (exact) mass is 236 g/mol. The van der Waals surface area contributed by atoms with E-state index in [-0.39, 0.29) is 0 Å². The first-order valence-electron chi connectivity index (χ1n) is 7.02. The van der Waals surface area contributed by atoms with Crippen LogP contribution in [0, 0.1) is 5.92 Å². The van der Waals surface area contributed by atoms with Crippen molar-refractivity contribution in [3.63, 3.8) is 0 Å². The molecule has 1 aliphatic carbocycles. The van der Waals surface area contributed by atoms with E-state index in [1.807, 2.05) is 0 Å². The van der Waals surface area contributed by atoms with Gasteiger partial charge in [-0.25, -0.2) is 0 Å². The average Bonchev–Trinajstić information content (AvgIpc) is 2.46. The van der Waals surface area contributed by atoms with E-state index in [1.54, 1.807) is 11.1 Å². The summed E-state index contributed by atoms with van der Waals surface area (Å²) in [5, 5.41) is 0. The SMILES string of the molecule is c1ccc(CCC2CCc3ccccc3C2)cc1. The van der Waals surface area contributed by atoms with E-state index in [4.69, 9.17) is 0 Å². The highest BCUT2D eigenvalue weighted by atomic mass is 14.2. The van der Waals surface area contributed by atoms with Crippen LogP contribution in [0.25, 0.3) is 0 Å². The van der Waals surface area contributed by atoms with Crippen molar-refractivity contribution in [3.8, 4) is 0 Å². The number of hydrogen-bond acceptors (Lipinski definition) is 0. The van der Waals surface area contributed by atoms with E-state index in [1.165, 1.54) is 37.7 Å². The second-order valence-electron chi connectivity index (χ2n) is 5.40. The summed E-state index contributed by atoms with van der Waals surface area (Å²) in [5.41, 5.74) is 4.65. The van der Waals surface area contributed by atoms with Crippen LogP contribution in [-0.4, -0.2) is 0 Å². The van der Waals surface area contributed by atoms with Crippen LogP contribution >= 0.6 is 0 Å². The molecule has 0 radical (unpaired) electrons. The summed E-state index contributed by atoms with van der Waals surface area (Å²) in [4.78, 5) is 0. The molecule has 0 nitrogen and oxygen atoms in total. The van der Waals surface area contributed by atoms with Crippen molar-refractivity contribution in [1.29, 1.82) is 0 Å². The first kappa shape index (κ1) is 11.5. The van der Waals surface area contributed by atoms with Crippen molar-refractivity contribution >= 4 is 0 Å². The van der Waals surface area contributed by atoms with Crippen LogP contribution in [0.3, 0.4) is 0 Å². The first-order chi connectivity index (χ1) is 8.92. The minimum absolute atomic E-state index is 0.875. The van der Waals surface area contributed by atoms with Crippen molar-refractivity contribution < 1.29 is 0 Å². The Hall–Kier alpha value is -1.56. The minimum Gasteiger partial charge on any atom is -0.0622 e. The van der Waals surface area contributed by atoms with Crippen LogP contribution in [0.4, 0.5) is 0 Å². The summed E-state index contributed by atoms with van der Waals surface area (Å²) in [7, 11) is 0. The maximum Gasteiger partial charge on any atom is -0.0247 e. The molecule has 1 aliphatic rings. The van der Waals surface area contributed by atoms with Crippen molar-refractivity contribution in [2.24, 2.45) is 5.92 Å². The molecule has 0 saturated heterocycles. The zero-order valence-electron chi connectivity index (χ0n) is 10.8. The lowest BCUT2D eigenvalue weighted by Crippen LogP contribution is -2.14. The lowest BCUT2D eigenvalue weighted by Gasteiger charge is -2.24. The quantitative estimate of drug-likeness (QED) is 0.740. The highest BCUT2D eigenvalue weighted by molar-refractivity contribution is 5.29. The molecular weight excluding hydrogens is 216 g/mol. The highest BCUT2D eigenvalue weighted by Gasteiger charge is 2.17. The Labute approximate surface area is 110 Å². The van der Waals surface area contributed by atoms with Crippen molar-refractivity contribution in [1.82, 2.24) is 0 Å². The number of rotatable bonds is 3. The van der Waals surface area contributed by atoms with Crippen molar-refractivity contribution in [2.45, 2.75) is 32.1 Å². The molecule has 92 valence electrons. The van der Waals surface area contributed by atoms with Crippen molar-refractivity contribution in [2.75, 3.05) is 0 Å². The molecule has 0 amide bonds. The minimum atomic E-state index is 0.875. The van der Waals surface area contributed by atoms with Crippen LogP contribution < -0.4 is 0 Å². The van der Waals surface area contributed by atoms with Gasteiger partial charge in [-0.2, -0.15) is 0 Å². The lowest BCUT2D eigenvalue weighted by atomic mass is 9.81. The van der Waals surface area contributed by atoms with Gasteiger partial charge < -0.3 is 0 Å². The molecule has 1 atom stereocenters. The fourth-order valence-electron chi connectivity index (χ4n) is 3.04. The first-order valence-corrected chi connectivity index (χ1v) is 7.02. The van der Waals surface area contributed by atoms with E-state index in [0.717, 1.165) is 5.92 Å². The molecule has 0 bridgehead atoms. The fourth-order valence-corrected chi connectivity index (χ4v) is 3.04. The van der Waals surface area contributed by atoms with Gasteiger partial charge in [-0.15, -0.1) is 0 Å². The van der Waals surface area contributed by atoms with Gasteiger partial charge in [0.1, 0.15) is 0 Å². The summed E-state index contributed by atoms with van der Waals surface area (Å²) >= 11 is 0. The maximum atomic E-state index is 2.31. The topological polar surface area (TPSA) is 0 Å². The Morgan fingerprint density at radius 3 is 2.39 bits per heavy atom. The van der Waals surface area contributed by atoms with E-state index in [0.29, 0.717) is 0 Å². The van der Waals surface area contributed by atoms with E-state index in [9.17, 15) is 0 Å².